The van der Waals surface area contributed by atoms with Gasteiger partial charge in [0, 0.05) is 17.8 Å². The first-order valence-electron chi connectivity index (χ1n) is 6.15. The van der Waals surface area contributed by atoms with Gasteiger partial charge < -0.3 is 5.32 Å². The van der Waals surface area contributed by atoms with Crippen molar-refractivity contribution in [1.29, 1.82) is 0 Å². The molecular formula is C11H19N7. The molecule has 0 radical (unpaired) electrons. The fraction of sp³-hybridized carbons (Fsp3) is 0.636. The smallest absolute Gasteiger partial charge is 0.196 e. The van der Waals surface area contributed by atoms with E-state index >= 15 is 0 Å². The average molecular weight is 249 g/mol. The van der Waals surface area contributed by atoms with E-state index < -0.39 is 0 Å². The predicted octanol–water partition coefficient (Wildman–Crippen LogP) is 0.263. The average Bonchev–Trinajstić information content (AvgIpc) is 2.90. The zero-order chi connectivity index (χ0) is 13.0. The van der Waals surface area contributed by atoms with Crippen LogP contribution in [-0.4, -0.2) is 36.5 Å². The Morgan fingerprint density at radius 1 is 1.39 bits per heavy atom. The summed E-state index contributed by atoms with van der Waals surface area (Å²) >= 11 is 0. The molecule has 0 aliphatic carbocycles. The van der Waals surface area contributed by atoms with Crippen LogP contribution in [0.15, 0.2) is 6.20 Å². The highest BCUT2D eigenvalue weighted by atomic mass is 15.6. The third-order valence-electron chi connectivity index (χ3n) is 2.79. The van der Waals surface area contributed by atoms with Crippen molar-refractivity contribution in [2.24, 2.45) is 7.05 Å². The lowest BCUT2D eigenvalue weighted by Gasteiger charge is -2.04. The molecule has 0 atom stereocenters. The zero-order valence-electron chi connectivity index (χ0n) is 11.1. The topological polar surface area (TPSA) is 73.5 Å². The van der Waals surface area contributed by atoms with E-state index in [-0.39, 0.29) is 0 Å². The van der Waals surface area contributed by atoms with E-state index in [1.165, 1.54) is 10.4 Å². The Balaban J connectivity index is 2.01. The Hall–Kier alpha value is -1.76. The van der Waals surface area contributed by atoms with E-state index in [1.54, 1.807) is 7.05 Å². The second-order valence-electron chi connectivity index (χ2n) is 4.28. The molecule has 0 aromatic carbocycles. The Morgan fingerprint density at radius 2 is 2.22 bits per heavy atom. The van der Waals surface area contributed by atoms with Crippen LogP contribution in [0.25, 0.3) is 0 Å². The molecule has 2 rings (SSSR count). The lowest BCUT2D eigenvalue weighted by Crippen LogP contribution is -2.14. The molecule has 2 heterocycles. The second kappa shape index (κ2) is 5.72. The molecule has 0 saturated heterocycles. The lowest BCUT2D eigenvalue weighted by atomic mass is 10.2. The fourth-order valence-corrected chi connectivity index (χ4v) is 1.74. The molecule has 0 aliphatic heterocycles. The molecule has 0 unspecified atom stereocenters. The maximum atomic E-state index is 4.36. The number of hydrogen-bond acceptors (Lipinski definition) is 5. The van der Waals surface area contributed by atoms with E-state index in [4.69, 9.17) is 0 Å². The van der Waals surface area contributed by atoms with Gasteiger partial charge in [-0.3, -0.25) is 4.68 Å². The van der Waals surface area contributed by atoms with Gasteiger partial charge in [-0.1, -0.05) is 6.92 Å². The molecule has 98 valence electrons. The van der Waals surface area contributed by atoms with Crippen molar-refractivity contribution in [1.82, 2.24) is 35.3 Å². The van der Waals surface area contributed by atoms with Gasteiger partial charge in [0.05, 0.1) is 13.2 Å². The number of aromatic nitrogens is 6. The highest BCUT2D eigenvalue weighted by Gasteiger charge is 2.08. The SMILES string of the molecule is CCCNCc1cnn(Cc2nnn(C)n2)c1C. The van der Waals surface area contributed by atoms with Gasteiger partial charge in [0.25, 0.3) is 0 Å². The largest absolute Gasteiger partial charge is 0.313 e. The highest BCUT2D eigenvalue weighted by molar-refractivity contribution is 5.16. The Morgan fingerprint density at radius 3 is 2.89 bits per heavy atom. The molecule has 0 saturated carbocycles. The van der Waals surface area contributed by atoms with Crippen LogP contribution in [0.4, 0.5) is 0 Å². The predicted molar refractivity (Wildman–Crippen MR) is 66.9 cm³/mol. The summed E-state index contributed by atoms with van der Waals surface area (Å²) in [7, 11) is 1.76. The van der Waals surface area contributed by atoms with E-state index in [1.807, 2.05) is 10.9 Å². The van der Waals surface area contributed by atoms with E-state index in [9.17, 15) is 0 Å². The van der Waals surface area contributed by atoms with Gasteiger partial charge in [-0.25, -0.2) is 0 Å². The number of hydrogen-bond donors (Lipinski definition) is 1. The molecule has 2 aromatic heterocycles. The number of rotatable bonds is 6. The molecule has 7 heteroatoms. The minimum Gasteiger partial charge on any atom is -0.313 e. The molecule has 1 N–H and O–H groups in total. The summed E-state index contributed by atoms with van der Waals surface area (Å²) < 4.78 is 1.90. The minimum atomic E-state index is 0.563. The third kappa shape index (κ3) is 2.92. The second-order valence-corrected chi connectivity index (χ2v) is 4.28. The highest BCUT2D eigenvalue weighted by Crippen LogP contribution is 2.07. The summed E-state index contributed by atoms with van der Waals surface area (Å²) in [6.07, 6.45) is 3.03. The van der Waals surface area contributed by atoms with Gasteiger partial charge >= 0.3 is 0 Å². The quantitative estimate of drug-likeness (QED) is 0.744. The van der Waals surface area contributed by atoms with E-state index in [0.717, 1.165) is 25.2 Å². The zero-order valence-corrected chi connectivity index (χ0v) is 11.1. The van der Waals surface area contributed by atoms with Gasteiger partial charge in [0.2, 0.25) is 0 Å². The summed E-state index contributed by atoms with van der Waals surface area (Å²) in [6, 6.07) is 0. The van der Waals surface area contributed by atoms with Crippen molar-refractivity contribution in [2.45, 2.75) is 33.4 Å². The number of aryl methyl sites for hydroxylation is 1. The molecule has 0 aliphatic rings. The van der Waals surface area contributed by atoms with Gasteiger partial charge in [-0.05, 0) is 25.1 Å². The molecule has 0 bridgehead atoms. The van der Waals surface area contributed by atoms with Crippen LogP contribution in [0.2, 0.25) is 0 Å². The summed E-state index contributed by atoms with van der Waals surface area (Å²) in [4.78, 5) is 1.46. The van der Waals surface area contributed by atoms with E-state index in [0.29, 0.717) is 12.4 Å². The van der Waals surface area contributed by atoms with Crippen molar-refractivity contribution in [2.75, 3.05) is 6.54 Å². The lowest BCUT2D eigenvalue weighted by molar-refractivity contribution is 0.610. The van der Waals surface area contributed by atoms with Gasteiger partial charge in [-0.2, -0.15) is 9.90 Å². The molecule has 2 aromatic rings. The standard InChI is InChI=1S/C11H19N7/c1-4-5-12-6-10-7-13-18(9(10)2)8-11-14-16-17(3)15-11/h7,12H,4-6,8H2,1-3H3. The van der Waals surface area contributed by atoms with Crippen LogP contribution in [0, 0.1) is 6.92 Å². The van der Waals surface area contributed by atoms with E-state index in [2.05, 4.69) is 39.7 Å². The van der Waals surface area contributed by atoms with Crippen LogP contribution in [-0.2, 0) is 20.1 Å². The minimum absolute atomic E-state index is 0.563. The normalized spacial score (nSPS) is 11.1. The Labute approximate surface area is 106 Å². The van der Waals surface area contributed by atoms with Crippen LogP contribution >= 0.6 is 0 Å². The molecular weight excluding hydrogens is 230 g/mol. The van der Waals surface area contributed by atoms with Crippen molar-refractivity contribution in [3.8, 4) is 0 Å². The van der Waals surface area contributed by atoms with Crippen LogP contribution < -0.4 is 5.32 Å². The van der Waals surface area contributed by atoms with Crippen molar-refractivity contribution >= 4 is 0 Å². The number of nitrogens with zero attached hydrogens (tertiary/aromatic N) is 6. The summed E-state index contributed by atoms with van der Waals surface area (Å²) in [6.45, 7) is 6.66. The number of tetrazole rings is 1. The van der Waals surface area contributed by atoms with Crippen molar-refractivity contribution in [3.05, 3.63) is 23.3 Å². The third-order valence-corrected chi connectivity index (χ3v) is 2.79. The Bertz CT molecular complexity index is 499. The summed E-state index contributed by atoms with van der Waals surface area (Å²) in [5, 5.41) is 19.7. The maximum Gasteiger partial charge on any atom is 0.196 e. The molecule has 18 heavy (non-hydrogen) atoms. The van der Waals surface area contributed by atoms with Crippen LogP contribution in [0.1, 0.15) is 30.4 Å². The van der Waals surface area contributed by atoms with Crippen molar-refractivity contribution in [3.63, 3.8) is 0 Å². The van der Waals surface area contributed by atoms with Gasteiger partial charge in [0.15, 0.2) is 5.82 Å². The molecule has 0 fully saturated rings. The Kier molecular flexibility index (Phi) is 4.03. The summed E-state index contributed by atoms with van der Waals surface area (Å²) in [5.41, 5.74) is 2.36. The van der Waals surface area contributed by atoms with Gasteiger partial charge in [0.1, 0.15) is 6.54 Å². The fourth-order valence-electron chi connectivity index (χ4n) is 1.74. The van der Waals surface area contributed by atoms with Crippen LogP contribution in [0.3, 0.4) is 0 Å². The monoisotopic (exact) mass is 249 g/mol. The summed E-state index contributed by atoms with van der Waals surface area (Å²) in [5.74, 6) is 0.678. The molecule has 0 amide bonds. The first kappa shape index (κ1) is 12.7. The van der Waals surface area contributed by atoms with Gasteiger partial charge in [-0.15, -0.1) is 10.2 Å². The maximum absolute atomic E-state index is 4.36. The van der Waals surface area contributed by atoms with Crippen molar-refractivity contribution < 1.29 is 0 Å². The molecule has 7 nitrogen and oxygen atoms in total. The molecule has 0 spiro atoms. The first-order chi connectivity index (χ1) is 8.70. The number of nitrogens with one attached hydrogen (secondary N) is 1. The first-order valence-corrected chi connectivity index (χ1v) is 6.15. The van der Waals surface area contributed by atoms with Crippen LogP contribution in [0.5, 0.6) is 0 Å².